The summed E-state index contributed by atoms with van der Waals surface area (Å²) >= 11 is 0. The van der Waals surface area contributed by atoms with Crippen molar-refractivity contribution in [3.63, 3.8) is 0 Å². The van der Waals surface area contributed by atoms with Gasteiger partial charge in [0.25, 0.3) is 0 Å². The van der Waals surface area contributed by atoms with Crippen molar-refractivity contribution in [2.45, 2.75) is 44.1 Å². The van der Waals surface area contributed by atoms with Crippen molar-refractivity contribution in [2.75, 3.05) is 0 Å². The molecule has 2 fully saturated rings. The second kappa shape index (κ2) is 9.83. The zero-order valence-corrected chi connectivity index (χ0v) is 18.2. The second-order valence-electron chi connectivity index (χ2n) is 8.54. The van der Waals surface area contributed by atoms with Crippen LogP contribution in [-0.4, -0.2) is 29.9 Å². The number of rotatable bonds is 7. The summed E-state index contributed by atoms with van der Waals surface area (Å²) in [6.07, 6.45) is -1.64. The maximum atomic E-state index is 12.9. The Hall–Kier alpha value is -3.42. The van der Waals surface area contributed by atoms with Crippen LogP contribution < -0.4 is 0 Å². The maximum Gasteiger partial charge on any atom is 0.416 e. The highest BCUT2D eigenvalue weighted by atomic mass is 19.4. The molecule has 0 spiro atoms. The van der Waals surface area contributed by atoms with Gasteiger partial charge in [-0.1, -0.05) is 42.5 Å². The van der Waals surface area contributed by atoms with Gasteiger partial charge in [-0.2, -0.15) is 13.2 Å². The van der Waals surface area contributed by atoms with Gasteiger partial charge in [-0.25, -0.2) is 4.79 Å². The molecular weight excluding hydrogens is 449 g/mol. The number of carbonyl (C=O) groups excluding carboxylic acids is 3. The van der Waals surface area contributed by atoms with E-state index in [9.17, 15) is 27.6 Å². The molecule has 1 saturated carbocycles. The third-order valence-corrected chi connectivity index (χ3v) is 6.24. The standard InChI is InChI=1S/C26H23F3O5/c27-26(28,29)18-8-4-5-16(13-18)9-10-19(30)11-12-20-21-14-24(31)33-23(21)15-22(20)34-25(32)17-6-2-1-3-7-17/h1-8,11-13,20-23H,9-10,14-15H2/b12-11+/t20-,21-,22-,23+/m1/s1. The molecule has 0 unspecified atom stereocenters. The van der Waals surface area contributed by atoms with Crippen LogP contribution in [0.25, 0.3) is 0 Å². The van der Waals surface area contributed by atoms with Gasteiger partial charge in [0.05, 0.1) is 17.5 Å². The fourth-order valence-corrected chi connectivity index (χ4v) is 4.54. The maximum absolute atomic E-state index is 12.9. The van der Waals surface area contributed by atoms with Gasteiger partial charge >= 0.3 is 18.1 Å². The fraction of sp³-hybridized carbons (Fsp3) is 0.346. The average Bonchev–Trinajstić information content (AvgIpc) is 3.31. The molecule has 1 saturated heterocycles. The Bertz CT molecular complexity index is 1090. The van der Waals surface area contributed by atoms with Crippen LogP contribution in [0.2, 0.25) is 0 Å². The van der Waals surface area contributed by atoms with Crippen molar-refractivity contribution in [3.8, 4) is 0 Å². The highest BCUT2D eigenvalue weighted by Crippen LogP contribution is 2.43. The van der Waals surface area contributed by atoms with Crippen LogP contribution in [0.5, 0.6) is 0 Å². The van der Waals surface area contributed by atoms with E-state index in [4.69, 9.17) is 9.47 Å². The summed E-state index contributed by atoms with van der Waals surface area (Å²) in [7, 11) is 0. The summed E-state index contributed by atoms with van der Waals surface area (Å²) in [5.74, 6) is -1.65. The minimum Gasteiger partial charge on any atom is -0.462 e. The highest BCUT2D eigenvalue weighted by molar-refractivity contribution is 5.90. The molecule has 178 valence electrons. The molecule has 1 heterocycles. The Labute approximate surface area is 194 Å². The van der Waals surface area contributed by atoms with Crippen LogP contribution in [0.4, 0.5) is 13.2 Å². The summed E-state index contributed by atoms with van der Waals surface area (Å²) in [6, 6.07) is 13.4. The Kier molecular flexibility index (Phi) is 6.86. The van der Waals surface area contributed by atoms with Gasteiger partial charge < -0.3 is 9.47 Å². The third kappa shape index (κ3) is 5.55. The molecule has 0 N–H and O–H groups in total. The van der Waals surface area contributed by atoms with Crippen molar-refractivity contribution in [2.24, 2.45) is 11.8 Å². The number of fused-ring (bicyclic) bond motifs is 1. The van der Waals surface area contributed by atoms with Crippen LogP contribution in [0.15, 0.2) is 66.7 Å². The summed E-state index contributed by atoms with van der Waals surface area (Å²) < 4.78 is 49.7. The molecule has 5 nitrogen and oxygen atoms in total. The normalized spacial score (nSPS) is 24.1. The smallest absolute Gasteiger partial charge is 0.416 e. The molecule has 2 aliphatic rings. The summed E-state index contributed by atoms with van der Waals surface area (Å²) in [6.45, 7) is 0. The van der Waals surface area contributed by atoms with Gasteiger partial charge in [-0.3, -0.25) is 9.59 Å². The van der Waals surface area contributed by atoms with E-state index in [1.807, 2.05) is 0 Å². The summed E-state index contributed by atoms with van der Waals surface area (Å²) in [5.41, 5.74) is 0.0670. The lowest BCUT2D eigenvalue weighted by Crippen LogP contribution is -2.25. The summed E-state index contributed by atoms with van der Waals surface area (Å²) in [4.78, 5) is 36.7. The molecule has 2 aromatic rings. The van der Waals surface area contributed by atoms with E-state index in [2.05, 4.69) is 0 Å². The Balaban J connectivity index is 1.40. The predicted octanol–water partition coefficient (Wildman–Crippen LogP) is 4.94. The third-order valence-electron chi connectivity index (χ3n) is 6.24. The first-order valence-corrected chi connectivity index (χ1v) is 11.0. The molecule has 0 bridgehead atoms. The number of allylic oxidation sites excluding steroid dienone is 1. The quantitative estimate of drug-likeness (QED) is 0.422. The van der Waals surface area contributed by atoms with Crippen molar-refractivity contribution in [3.05, 3.63) is 83.4 Å². The molecule has 0 amide bonds. The number of hydrogen-bond donors (Lipinski definition) is 0. The molecule has 4 rings (SSSR count). The van der Waals surface area contributed by atoms with Crippen LogP contribution in [0.3, 0.4) is 0 Å². The first-order valence-electron chi connectivity index (χ1n) is 11.0. The van der Waals surface area contributed by atoms with Crippen molar-refractivity contribution in [1.82, 2.24) is 0 Å². The topological polar surface area (TPSA) is 69.7 Å². The lowest BCUT2D eigenvalue weighted by molar-refractivity contribution is -0.142. The number of esters is 2. The number of carbonyl (C=O) groups is 3. The Morgan fingerprint density at radius 2 is 1.85 bits per heavy atom. The molecule has 34 heavy (non-hydrogen) atoms. The van der Waals surface area contributed by atoms with Crippen LogP contribution in [0, 0.1) is 11.8 Å². The Morgan fingerprint density at radius 3 is 2.59 bits per heavy atom. The van der Waals surface area contributed by atoms with E-state index < -0.39 is 23.8 Å². The predicted molar refractivity (Wildman–Crippen MR) is 116 cm³/mol. The van der Waals surface area contributed by atoms with Crippen LogP contribution in [0.1, 0.15) is 40.7 Å². The fourth-order valence-electron chi connectivity index (χ4n) is 4.54. The number of ketones is 1. The van der Waals surface area contributed by atoms with Crippen LogP contribution in [-0.2, 0) is 31.7 Å². The van der Waals surface area contributed by atoms with Gasteiger partial charge in [-0.05, 0) is 36.3 Å². The highest BCUT2D eigenvalue weighted by Gasteiger charge is 2.50. The van der Waals surface area contributed by atoms with E-state index in [0.29, 0.717) is 17.5 Å². The van der Waals surface area contributed by atoms with Crippen molar-refractivity contribution >= 4 is 17.7 Å². The van der Waals surface area contributed by atoms with Crippen LogP contribution >= 0.6 is 0 Å². The van der Waals surface area contributed by atoms with Gasteiger partial charge in [0, 0.05) is 24.7 Å². The molecule has 1 aliphatic heterocycles. The molecule has 8 heteroatoms. The zero-order chi connectivity index (χ0) is 24.3. The van der Waals surface area contributed by atoms with E-state index in [1.165, 1.54) is 12.1 Å². The lowest BCUT2D eigenvalue weighted by Gasteiger charge is -2.20. The minimum absolute atomic E-state index is 0.0303. The number of hydrogen-bond acceptors (Lipinski definition) is 5. The number of ether oxygens (including phenoxy) is 2. The van der Waals surface area contributed by atoms with Gasteiger partial charge in [-0.15, -0.1) is 0 Å². The SMILES string of the molecule is O=C(/C=C/[C@@H]1[C@H]2CC(=O)O[C@H]2C[C@H]1OC(=O)c1ccccc1)CCc1cccc(C(F)(F)F)c1. The largest absolute Gasteiger partial charge is 0.462 e. The minimum atomic E-state index is -4.44. The molecule has 2 aromatic carbocycles. The number of alkyl halides is 3. The molecular formula is C26H23F3O5. The van der Waals surface area contributed by atoms with Gasteiger partial charge in [0.1, 0.15) is 12.2 Å². The molecule has 0 aromatic heterocycles. The lowest BCUT2D eigenvalue weighted by atomic mass is 9.91. The Morgan fingerprint density at radius 1 is 1.09 bits per heavy atom. The zero-order valence-electron chi connectivity index (χ0n) is 18.2. The average molecular weight is 472 g/mol. The first-order chi connectivity index (χ1) is 16.2. The van der Waals surface area contributed by atoms with E-state index in [1.54, 1.807) is 42.5 Å². The number of halogens is 3. The van der Waals surface area contributed by atoms with E-state index in [0.717, 1.165) is 12.1 Å². The number of benzene rings is 2. The van der Waals surface area contributed by atoms with Gasteiger partial charge in [0.2, 0.25) is 0 Å². The second-order valence-corrected chi connectivity index (χ2v) is 8.54. The number of aryl methyl sites for hydroxylation is 1. The van der Waals surface area contributed by atoms with E-state index in [-0.39, 0.29) is 49.0 Å². The van der Waals surface area contributed by atoms with E-state index >= 15 is 0 Å². The van der Waals surface area contributed by atoms with Crippen molar-refractivity contribution in [1.29, 1.82) is 0 Å². The monoisotopic (exact) mass is 472 g/mol. The first kappa shape index (κ1) is 23.7. The van der Waals surface area contributed by atoms with Gasteiger partial charge in [0.15, 0.2) is 5.78 Å². The molecule has 1 aliphatic carbocycles. The molecule has 0 radical (unpaired) electrons. The molecule has 4 atom stereocenters. The summed E-state index contributed by atoms with van der Waals surface area (Å²) in [5, 5.41) is 0. The van der Waals surface area contributed by atoms with Crippen molar-refractivity contribution < 1.29 is 37.0 Å².